The highest BCUT2D eigenvalue weighted by molar-refractivity contribution is 7.13. The van der Waals surface area contributed by atoms with Crippen LogP contribution in [0.15, 0.2) is 60.2 Å². The van der Waals surface area contributed by atoms with Crippen LogP contribution >= 0.6 is 11.3 Å². The average Bonchev–Trinajstić information content (AvgIpc) is 3.19. The van der Waals surface area contributed by atoms with Gasteiger partial charge in [-0.1, -0.05) is 30.3 Å². The number of nitrogens with one attached hydrogen (secondary N) is 1. The lowest BCUT2D eigenvalue weighted by Gasteiger charge is -2.08. The number of alkyl halides is 3. The molecule has 0 saturated heterocycles. The smallest absolute Gasteiger partial charge is 0.293 e. The maximum Gasteiger partial charge on any atom is 0.433 e. The molecular formula is C18H11F3N6S. The zero-order valence-corrected chi connectivity index (χ0v) is 14.9. The predicted octanol–water partition coefficient (Wildman–Crippen LogP) is 4.82. The van der Waals surface area contributed by atoms with Crippen molar-refractivity contribution in [2.45, 2.75) is 6.18 Å². The number of nitrogens with zero attached hydrogens (tertiary/aromatic N) is 5. The van der Waals surface area contributed by atoms with Crippen molar-refractivity contribution in [3.05, 3.63) is 65.9 Å². The first-order chi connectivity index (χ1) is 13.5. The molecule has 0 saturated carbocycles. The van der Waals surface area contributed by atoms with E-state index in [-0.39, 0.29) is 11.9 Å². The molecule has 1 N–H and O–H groups in total. The first-order valence-electron chi connectivity index (χ1n) is 8.01. The van der Waals surface area contributed by atoms with Gasteiger partial charge in [-0.3, -0.25) is 5.32 Å². The van der Waals surface area contributed by atoms with E-state index >= 15 is 0 Å². The van der Waals surface area contributed by atoms with Crippen LogP contribution in [0.3, 0.4) is 0 Å². The van der Waals surface area contributed by atoms with Gasteiger partial charge in [0.1, 0.15) is 16.4 Å². The van der Waals surface area contributed by atoms with E-state index in [0.29, 0.717) is 11.4 Å². The molecule has 4 rings (SSSR count). The second-order valence-corrected chi connectivity index (χ2v) is 6.42. The molecule has 0 aliphatic heterocycles. The van der Waals surface area contributed by atoms with Crippen molar-refractivity contribution >= 4 is 23.2 Å². The third kappa shape index (κ3) is 3.96. The summed E-state index contributed by atoms with van der Waals surface area (Å²) >= 11 is 1.47. The fourth-order valence-electron chi connectivity index (χ4n) is 2.34. The van der Waals surface area contributed by atoms with Gasteiger partial charge in [-0.2, -0.15) is 13.2 Å². The Hall–Kier alpha value is -3.40. The first-order valence-corrected chi connectivity index (χ1v) is 8.89. The zero-order valence-electron chi connectivity index (χ0n) is 14.1. The maximum absolute atomic E-state index is 12.8. The van der Waals surface area contributed by atoms with Gasteiger partial charge in [-0.25, -0.2) is 24.9 Å². The Bertz CT molecular complexity index is 1100. The lowest BCUT2D eigenvalue weighted by molar-refractivity contribution is -0.141. The molecule has 0 bridgehead atoms. The standard InChI is InChI=1S/C18H11F3N6S/c19-18(20,21)14-7-9-23-17(26-14)27-16-22-8-6-12(25-16)13-10-28-15(24-13)11-4-2-1-3-5-11/h1-10H,(H,22,23,25,26,27). The highest BCUT2D eigenvalue weighted by Crippen LogP contribution is 2.29. The quantitative estimate of drug-likeness (QED) is 0.529. The van der Waals surface area contributed by atoms with E-state index in [9.17, 15) is 13.2 Å². The molecule has 10 heteroatoms. The molecule has 0 unspecified atom stereocenters. The van der Waals surface area contributed by atoms with Gasteiger partial charge < -0.3 is 0 Å². The van der Waals surface area contributed by atoms with Gasteiger partial charge in [0.05, 0.1) is 5.69 Å². The Morgan fingerprint density at radius 1 is 0.786 bits per heavy atom. The van der Waals surface area contributed by atoms with Crippen molar-refractivity contribution in [3.8, 4) is 22.0 Å². The molecular weight excluding hydrogens is 389 g/mol. The van der Waals surface area contributed by atoms with E-state index in [2.05, 4.69) is 30.2 Å². The van der Waals surface area contributed by atoms with Crippen LogP contribution in [0.1, 0.15) is 5.69 Å². The number of benzene rings is 1. The fourth-order valence-corrected chi connectivity index (χ4v) is 3.16. The van der Waals surface area contributed by atoms with E-state index in [1.807, 2.05) is 35.7 Å². The minimum atomic E-state index is -4.56. The molecule has 0 radical (unpaired) electrons. The van der Waals surface area contributed by atoms with Crippen LogP contribution in [0, 0.1) is 0 Å². The van der Waals surface area contributed by atoms with E-state index in [4.69, 9.17) is 0 Å². The van der Waals surface area contributed by atoms with Crippen molar-refractivity contribution in [3.63, 3.8) is 0 Å². The van der Waals surface area contributed by atoms with Crippen LogP contribution < -0.4 is 5.32 Å². The SMILES string of the molecule is FC(F)(F)c1ccnc(Nc2nccc(-c3csc(-c4ccccc4)n3)n2)n1. The molecule has 0 aliphatic carbocycles. The monoisotopic (exact) mass is 400 g/mol. The highest BCUT2D eigenvalue weighted by Gasteiger charge is 2.32. The summed E-state index contributed by atoms with van der Waals surface area (Å²) in [5.41, 5.74) is 1.11. The molecule has 0 fully saturated rings. The largest absolute Gasteiger partial charge is 0.433 e. The summed E-state index contributed by atoms with van der Waals surface area (Å²) in [7, 11) is 0. The van der Waals surface area contributed by atoms with E-state index < -0.39 is 11.9 Å². The molecule has 0 spiro atoms. The maximum atomic E-state index is 12.8. The number of hydrogen-bond donors (Lipinski definition) is 1. The molecule has 0 amide bonds. The van der Waals surface area contributed by atoms with Crippen LogP contribution in [0.2, 0.25) is 0 Å². The Balaban J connectivity index is 1.58. The van der Waals surface area contributed by atoms with Crippen molar-refractivity contribution in [1.29, 1.82) is 0 Å². The molecule has 0 aliphatic rings. The predicted molar refractivity (Wildman–Crippen MR) is 98.9 cm³/mol. The van der Waals surface area contributed by atoms with Gasteiger partial charge >= 0.3 is 6.18 Å². The van der Waals surface area contributed by atoms with Gasteiger partial charge in [0.2, 0.25) is 11.9 Å². The van der Waals surface area contributed by atoms with Gasteiger partial charge in [0.15, 0.2) is 0 Å². The molecule has 140 valence electrons. The Labute approximate surface area is 161 Å². The van der Waals surface area contributed by atoms with Crippen LogP contribution in [-0.4, -0.2) is 24.9 Å². The third-order valence-corrected chi connectivity index (χ3v) is 4.50. The van der Waals surface area contributed by atoms with Crippen LogP contribution in [0.25, 0.3) is 22.0 Å². The number of anilines is 2. The van der Waals surface area contributed by atoms with E-state index in [0.717, 1.165) is 22.8 Å². The summed E-state index contributed by atoms with van der Waals surface area (Å²) in [5, 5.41) is 5.29. The van der Waals surface area contributed by atoms with Crippen molar-refractivity contribution in [2.24, 2.45) is 0 Å². The molecule has 3 aromatic heterocycles. The van der Waals surface area contributed by atoms with Gasteiger partial charge in [0, 0.05) is 23.3 Å². The summed E-state index contributed by atoms with van der Waals surface area (Å²) in [6.45, 7) is 0. The van der Waals surface area contributed by atoms with E-state index in [1.165, 1.54) is 17.5 Å². The molecule has 3 heterocycles. The lowest BCUT2D eigenvalue weighted by Crippen LogP contribution is -2.10. The van der Waals surface area contributed by atoms with Crippen LogP contribution in [0.4, 0.5) is 25.1 Å². The van der Waals surface area contributed by atoms with Crippen LogP contribution in [0.5, 0.6) is 0 Å². The summed E-state index contributed by atoms with van der Waals surface area (Å²) < 4.78 is 38.3. The molecule has 28 heavy (non-hydrogen) atoms. The average molecular weight is 400 g/mol. The second kappa shape index (κ2) is 7.31. The van der Waals surface area contributed by atoms with Crippen LogP contribution in [-0.2, 0) is 6.18 Å². The number of hydrogen-bond acceptors (Lipinski definition) is 7. The summed E-state index contributed by atoms with van der Waals surface area (Å²) in [4.78, 5) is 20.1. The Morgan fingerprint density at radius 2 is 1.50 bits per heavy atom. The summed E-state index contributed by atoms with van der Waals surface area (Å²) in [6.07, 6.45) is -2.05. The zero-order chi connectivity index (χ0) is 19.6. The third-order valence-electron chi connectivity index (χ3n) is 3.61. The molecule has 6 nitrogen and oxygen atoms in total. The Kier molecular flexibility index (Phi) is 4.70. The normalized spacial score (nSPS) is 11.4. The number of halogens is 3. The molecule has 0 atom stereocenters. The summed E-state index contributed by atoms with van der Waals surface area (Å²) in [5.74, 6) is -0.165. The number of thiazole rings is 1. The Morgan fingerprint density at radius 3 is 2.25 bits per heavy atom. The van der Waals surface area contributed by atoms with E-state index in [1.54, 1.807) is 6.07 Å². The number of rotatable bonds is 4. The fraction of sp³-hybridized carbons (Fsp3) is 0.0556. The molecule has 4 aromatic rings. The first kappa shape index (κ1) is 18.0. The topological polar surface area (TPSA) is 76.5 Å². The van der Waals surface area contributed by atoms with Gasteiger partial charge in [0.25, 0.3) is 0 Å². The molecule has 1 aromatic carbocycles. The van der Waals surface area contributed by atoms with Crippen molar-refractivity contribution in [1.82, 2.24) is 24.9 Å². The number of aromatic nitrogens is 5. The second-order valence-electron chi connectivity index (χ2n) is 5.56. The van der Waals surface area contributed by atoms with Gasteiger partial charge in [-0.15, -0.1) is 11.3 Å². The minimum Gasteiger partial charge on any atom is -0.293 e. The highest BCUT2D eigenvalue weighted by atomic mass is 32.1. The van der Waals surface area contributed by atoms with Crippen molar-refractivity contribution in [2.75, 3.05) is 5.32 Å². The van der Waals surface area contributed by atoms with Crippen molar-refractivity contribution < 1.29 is 13.2 Å². The van der Waals surface area contributed by atoms with Gasteiger partial charge in [-0.05, 0) is 12.1 Å². The minimum absolute atomic E-state index is 0.0751. The lowest BCUT2D eigenvalue weighted by atomic mass is 10.2. The summed E-state index contributed by atoms with van der Waals surface area (Å²) in [6, 6.07) is 12.2.